The maximum Gasteiger partial charge on any atom is 0.338 e. The van der Waals surface area contributed by atoms with Gasteiger partial charge in [0.25, 0.3) is 0 Å². The zero-order chi connectivity index (χ0) is 27.3. The van der Waals surface area contributed by atoms with Gasteiger partial charge in [0.05, 0.1) is 32.4 Å². The summed E-state index contributed by atoms with van der Waals surface area (Å²) in [4.78, 5) is 44.4. The molecule has 1 aromatic rings. The first-order chi connectivity index (χ1) is 17.6. The molecule has 4 amide bonds. The third-order valence-corrected chi connectivity index (χ3v) is 6.54. The van der Waals surface area contributed by atoms with E-state index in [2.05, 4.69) is 15.5 Å². The van der Waals surface area contributed by atoms with Crippen LogP contribution in [0, 0.1) is 0 Å². The highest BCUT2D eigenvalue weighted by atomic mass is 16.5. The fraction of sp³-hybridized carbons (Fsp3) is 0.577. The third kappa shape index (κ3) is 6.46. The lowest BCUT2D eigenvalue weighted by atomic mass is 9.93. The summed E-state index contributed by atoms with van der Waals surface area (Å²) in [5.41, 5.74) is 1.55. The number of methoxy groups -OCH3 is 2. The van der Waals surface area contributed by atoms with Crippen LogP contribution in [0.2, 0.25) is 0 Å². The fourth-order valence-electron chi connectivity index (χ4n) is 4.66. The highest BCUT2D eigenvalue weighted by molar-refractivity contribution is 5.95. The van der Waals surface area contributed by atoms with Crippen molar-refractivity contribution in [2.45, 2.75) is 45.8 Å². The molecule has 0 aliphatic carbocycles. The summed E-state index contributed by atoms with van der Waals surface area (Å²) in [5, 5.41) is 5.88. The molecule has 2 atom stereocenters. The molecule has 0 saturated carbocycles. The number of carbonyl (C=O) groups excluding carboxylic acids is 3. The number of piperazine rings is 1. The van der Waals surface area contributed by atoms with Gasteiger partial charge in [-0.05, 0) is 45.4 Å². The molecule has 1 aromatic carbocycles. The first-order valence-corrected chi connectivity index (χ1v) is 12.6. The standard InChI is InChI=1S/C26H39N5O6/c1-8-37-24(32)22-21(15-30-9-10-31(17(4)14-30)26(34)27-16(2)3)29(5)25(33)28-23(22)18-11-19(35-6)13-20(12-18)36-7/h11-13,16-17,23H,8-10,14-15H2,1-7H3,(H,27,34)(H,28,33)/t17-,23+/m1/s1. The van der Waals surface area contributed by atoms with Crippen LogP contribution in [0.3, 0.4) is 0 Å². The lowest BCUT2D eigenvalue weighted by molar-refractivity contribution is -0.139. The molecule has 0 unspecified atom stereocenters. The van der Waals surface area contributed by atoms with Crippen LogP contribution < -0.4 is 20.1 Å². The van der Waals surface area contributed by atoms with Gasteiger partial charge in [-0.1, -0.05) is 0 Å². The highest BCUT2D eigenvalue weighted by Gasteiger charge is 2.38. The Hall–Kier alpha value is -3.47. The number of hydrogen-bond acceptors (Lipinski definition) is 7. The quantitative estimate of drug-likeness (QED) is 0.509. The normalized spacial score (nSPS) is 20.6. The van der Waals surface area contributed by atoms with Gasteiger partial charge in [0.1, 0.15) is 11.5 Å². The number of urea groups is 2. The molecule has 0 radical (unpaired) electrons. The molecule has 11 heteroatoms. The molecule has 2 heterocycles. The van der Waals surface area contributed by atoms with Gasteiger partial charge < -0.3 is 29.7 Å². The molecule has 37 heavy (non-hydrogen) atoms. The predicted octanol–water partition coefficient (Wildman–Crippen LogP) is 2.34. The minimum absolute atomic E-state index is 0.0414. The van der Waals surface area contributed by atoms with E-state index in [1.54, 1.807) is 46.4 Å². The second kappa shape index (κ2) is 12.2. The van der Waals surface area contributed by atoms with E-state index in [4.69, 9.17) is 14.2 Å². The Bertz CT molecular complexity index is 1020. The minimum Gasteiger partial charge on any atom is -0.497 e. The summed E-state index contributed by atoms with van der Waals surface area (Å²) in [6.45, 7) is 9.88. The first kappa shape index (κ1) is 28.1. The second-order valence-corrected chi connectivity index (χ2v) is 9.55. The third-order valence-electron chi connectivity index (χ3n) is 6.54. The van der Waals surface area contributed by atoms with Gasteiger partial charge in [-0.2, -0.15) is 0 Å². The molecule has 1 saturated heterocycles. The maximum atomic E-state index is 13.3. The van der Waals surface area contributed by atoms with Gasteiger partial charge in [-0.25, -0.2) is 14.4 Å². The van der Waals surface area contributed by atoms with Crippen molar-refractivity contribution in [2.75, 3.05) is 54.1 Å². The van der Waals surface area contributed by atoms with E-state index < -0.39 is 12.0 Å². The molecule has 0 bridgehead atoms. The van der Waals surface area contributed by atoms with Crippen LogP contribution in [-0.4, -0.2) is 98.9 Å². The first-order valence-electron chi connectivity index (χ1n) is 12.6. The average molecular weight is 518 g/mol. The van der Waals surface area contributed by atoms with Crippen molar-refractivity contribution >= 4 is 18.0 Å². The van der Waals surface area contributed by atoms with E-state index in [-0.39, 0.29) is 30.8 Å². The lowest BCUT2D eigenvalue weighted by Gasteiger charge is -2.42. The van der Waals surface area contributed by atoms with Gasteiger partial charge in [-0.15, -0.1) is 0 Å². The van der Waals surface area contributed by atoms with Crippen LogP contribution in [0.25, 0.3) is 0 Å². The second-order valence-electron chi connectivity index (χ2n) is 9.55. The molecule has 0 spiro atoms. The number of nitrogens with zero attached hydrogens (tertiary/aromatic N) is 3. The predicted molar refractivity (Wildman–Crippen MR) is 139 cm³/mol. The number of rotatable bonds is 8. The lowest BCUT2D eigenvalue weighted by Crippen LogP contribution is -2.58. The molecule has 2 N–H and O–H groups in total. The van der Waals surface area contributed by atoms with Crippen LogP contribution in [0.4, 0.5) is 9.59 Å². The Morgan fingerprint density at radius 3 is 2.32 bits per heavy atom. The van der Waals surface area contributed by atoms with Crippen molar-refractivity contribution in [3.05, 3.63) is 35.0 Å². The monoisotopic (exact) mass is 517 g/mol. The van der Waals surface area contributed by atoms with E-state index in [1.165, 1.54) is 4.90 Å². The molecule has 2 aliphatic heterocycles. The molecular formula is C26H39N5O6. The number of benzene rings is 1. The Labute approximate surface area is 218 Å². The van der Waals surface area contributed by atoms with Gasteiger partial charge >= 0.3 is 18.0 Å². The van der Waals surface area contributed by atoms with Crippen LogP contribution in [0.5, 0.6) is 11.5 Å². The summed E-state index contributed by atoms with van der Waals surface area (Å²) in [5.74, 6) is 0.577. The fourth-order valence-corrected chi connectivity index (χ4v) is 4.66. The van der Waals surface area contributed by atoms with E-state index in [0.717, 1.165) is 0 Å². The summed E-state index contributed by atoms with van der Waals surface area (Å²) >= 11 is 0. The van der Waals surface area contributed by atoms with E-state index in [0.29, 0.717) is 54.5 Å². The topological polar surface area (TPSA) is 113 Å². The smallest absolute Gasteiger partial charge is 0.338 e. The number of amides is 4. The van der Waals surface area contributed by atoms with Crippen molar-refractivity contribution < 1.29 is 28.6 Å². The van der Waals surface area contributed by atoms with Crippen molar-refractivity contribution in [3.8, 4) is 11.5 Å². The molecular weight excluding hydrogens is 478 g/mol. The number of nitrogens with one attached hydrogen (secondary N) is 2. The SMILES string of the molecule is CCOC(=O)C1=C(CN2CCN(C(=O)NC(C)C)[C@H](C)C2)N(C)C(=O)N[C@H]1c1cc(OC)cc(OC)c1. The molecule has 204 valence electrons. The van der Waals surface area contributed by atoms with Crippen LogP contribution in [0.1, 0.15) is 39.3 Å². The van der Waals surface area contributed by atoms with Gasteiger partial charge in [0.2, 0.25) is 0 Å². The van der Waals surface area contributed by atoms with Crippen LogP contribution in [-0.2, 0) is 9.53 Å². The number of likely N-dealkylation sites (N-methyl/N-ethyl adjacent to an activating group) is 1. The number of hydrogen-bond donors (Lipinski definition) is 2. The van der Waals surface area contributed by atoms with Crippen molar-refractivity contribution in [1.29, 1.82) is 0 Å². The highest BCUT2D eigenvalue weighted by Crippen LogP contribution is 2.35. The molecule has 2 aliphatic rings. The Morgan fingerprint density at radius 2 is 1.78 bits per heavy atom. The molecule has 0 aromatic heterocycles. The zero-order valence-electron chi connectivity index (χ0n) is 22.8. The summed E-state index contributed by atoms with van der Waals surface area (Å²) in [7, 11) is 4.73. The van der Waals surface area contributed by atoms with E-state index >= 15 is 0 Å². The van der Waals surface area contributed by atoms with E-state index in [1.807, 2.05) is 25.7 Å². The van der Waals surface area contributed by atoms with Gasteiger partial charge in [0.15, 0.2) is 0 Å². The molecule has 1 fully saturated rings. The average Bonchev–Trinajstić information content (AvgIpc) is 2.85. The van der Waals surface area contributed by atoms with Crippen molar-refractivity contribution in [3.63, 3.8) is 0 Å². The van der Waals surface area contributed by atoms with Crippen molar-refractivity contribution in [2.24, 2.45) is 0 Å². The number of esters is 1. The maximum absolute atomic E-state index is 13.3. The Balaban J connectivity index is 1.97. The summed E-state index contributed by atoms with van der Waals surface area (Å²) < 4.78 is 16.3. The summed E-state index contributed by atoms with van der Waals surface area (Å²) in [6.07, 6.45) is 0. The van der Waals surface area contributed by atoms with Crippen molar-refractivity contribution in [1.82, 2.24) is 25.3 Å². The molecule has 11 nitrogen and oxygen atoms in total. The Kier molecular flexibility index (Phi) is 9.25. The minimum atomic E-state index is -0.753. The number of carbonyl (C=O) groups is 3. The summed E-state index contributed by atoms with van der Waals surface area (Å²) in [6, 6.07) is 4.10. The van der Waals surface area contributed by atoms with Gasteiger partial charge in [0, 0.05) is 57.1 Å². The van der Waals surface area contributed by atoms with Crippen LogP contribution in [0.15, 0.2) is 29.5 Å². The largest absolute Gasteiger partial charge is 0.497 e. The zero-order valence-corrected chi connectivity index (χ0v) is 22.8. The molecule has 3 rings (SSSR count). The number of ether oxygens (including phenoxy) is 3. The Morgan fingerprint density at radius 1 is 1.14 bits per heavy atom. The van der Waals surface area contributed by atoms with Crippen LogP contribution >= 0.6 is 0 Å². The van der Waals surface area contributed by atoms with Gasteiger partial charge in [-0.3, -0.25) is 9.80 Å². The van der Waals surface area contributed by atoms with E-state index in [9.17, 15) is 14.4 Å².